The number of nitrogens with one attached hydrogen (secondary N) is 2. The largest absolute Gasteiger partial charge is 0.347 e. The van der Waals surface area contributed by atoms with E-state index < -0.39 is 0 Å². The Balaban J connectivity index is 2.07. The van der Waals surface area contributed by atoms with Crippen LogP contribution in [0.1, 0.15) is 17.4 Å². The van der Waals surface area contributed by atoms with Crippen molar-refractivity contribution in [3.8, 4) is 0 Å². The third-order valence-corrected chi connectivity index (χ3v) is 2.92. The Hall–Kier alpha value is -2.24. The minimum atomic E-state index is -0.149. The van der Waals surface area contributed by atoms with E-state index in [0.29, 0.717) is 0 Å². The molecule has 0 aliphatic rings. The van der Waals surface area contributed by atoms with Gasteiger partial charge in [-0.25, -0.2) is 10.4 Å². The lowest BCUT2D eigenvalue weighted by Gasteiger charge is -2.14. The van der Waals surface area contributed by atoms with E-state index in [1.807, 2.05) is 24.3 Å². The Morgan fingerprint density at radius 1 is 1.17 bits per heavy atom. The Bertz CT molecular complexity index is 647. The number of benzene rings is 1. The number of fused-ring (bicyclic) bond motifs is 1. The van der Waals surface area contributed by atoms with Crippen LogP contribution in [0.3, 0.4) is 0 Å². The third-order valence-electron chi connectivity index (χ3n) is 2.92. The van der Waals surface area contributed by atoms with Gasteiger partial charge >= 0.3 is 0 Å². The van der Waals surface area contributed by atoms with E-state index in [9.17, 15) is 0 Å². The summed E-state index contributed by atoms with van der Waals surface area (Å²) in [4.78, 5) is 11.6. The van der Waals surface area contributed by atoms with Gasteiger partial charge in [0.1, 0.15) is 11.9 Å². The number of aromatic amines is 1. The summed E-state index contributed by atoms with van der Waals surface area (Å²) in [6.07, 6.45) is 5.28. The number of H-pyrrole nitrogens is 1. The molecule has 4 N–H and O–H groups in total. The molecule has 0 amide bonds. The van der Waals surface area contributed by atoms with Crippen LogP contribution >= 0.6 is 0 Å². The molecule has 0 bridgehead atoms. The first-order chi connectivity index (χ1) is 8.88. The maximum atomic E-state index is 5.61. The first kappa shape index (κ1) is 10.9. The number of imidazole rings is 1. The van der Waals surface area contributed by atoms with Crippen LogP contribution in [0.5, 0.6) is 0 Å². The smallest absolute Gasteiger partial charge is 0.129 e. The van der Waals surface area contributed by atoms with Gasteiger partial charge in [0, 0.05) is 24.0 Å². The van der Waals surface area contributed by atoms with Gasteiger partial charge in [-0.3, -0.25) is 10.8 Å². The van der Waals surface area contributed by atoms with Gasteiger partial charge in [0.2, 0.25) is 0 Å². The maximum Gasteiger partial charge on any atom is 0.129 e. The molecule has 0 spiro atoms. The molecule has 2 heterocycles. The molecular weight excluding hydrogens is 226 g/mol. The molecule has 0 aliphatic carbocycles. The first-order valence-electron chi connectivity index (χ1n) is 5.68. The number of hydrogen-bond acceptors (Lipinski definition) is 4. The lowest BCUT2D eigenvalue weighted by atomic mass is 10.0. The Labute approximate surface area is 104 Å². The van der Waals surface area contributed by atoms with Crippen LogP contribution in [0.4, 0.5) is 0 Å². The Kier molecular flexibility index (Phi) is 2.76. The van der Waals surface area contributed by atoms with Crippen LogP contribution in [0.15, 0.2) is 48.9 Å². The van der Waals surface area contributed by atoms with Crippen molar-refractivity contribution in [3.05, 3.63) is 60.3 Å². The van der Waals surface area contributed by atoms with Crippen LogP contribution in [0, 0.1) is 0 Å². The molecule has 0 saturated heterocycles. The summed E-state index contributed by atoms with van der Waals surface area (Å²) in [5.41, 5.74) is 4.79. The molecule has 1 unspecified atom stereocenters. The normalized spacial score (nSPS) is 12.7. The number of hydrogen-bond donors (Lipinski definition) is 3. The van der Waals surface area contributed by atoms with E-state index in [0.717, 1.165) is 22.3 Å². The van der Waals surface area contributed by atoms with Crippen molar-refractivity contribution in [2.45, 2.75) is 6.04 Å². The van der Waals surface area contributed by atoms with Crippen molar-refractivity contribution in [2.24, 2.45) is 5.84 Å². The maximum absolute atomic E-state index is 5.61. The van der Waals surface area contributed by atoms with Crippen molar-refractivity contribution in [1.29, 1.82) is 0 Å². The average Bonchev–Trinajstić information content (AvgIpc) is 2.93. The summed E-state index contributed by atoms with van der Waals surface area (Å²) in [7, 11) is 0. The number of pyridine rings is 1. The van der Waals surface area contributed by atoms with Crippen LogP contribution in [0.2, 0.25) is 0 Å². The molecule has 90 valence electrons. The van der Waals surface area contributed by atoms with E-state index in [4.69, 9.17) is 5.84 Å². The Morgan fingerprint density at radius 3 is 2.89 bits per heavy atom. The fourth-order valence-electron chi connectivity index (χ4n) is 2.04. The molecule has 0 fully saturated rings. The molecule has 3 rings (SSSR count). The predicted octanol–water partition coefficient (Wildman–Crippen LogP) is 1.51. The molecule has 5 nitrogen and oxygen atoms in total. The van der Waals surface area contributed by atoms with Gasteiger partial charge in [-0.05, 0) is 23.8 Å². The SMILES string of the molecule is NNC(c1ccc2ncccc2c1)c1ncc[nH]1. The quantitative estimate of drug-likeness (QED) is 0.478. The second-order valence-corrected chi connectivity index (χ2v) is 4.03. The molecular formula is C13H13N5. The fourth-order valence-corrected chi connectivity index (χ4v) is 2.04. The lowest BCUT2D eigenvalue weighted by molar-refractivity contribution is 0.608. The van der Waals surface area contributed by atoms with Crippen molar-refractivity contribution >= 4 is 10.9 Å². The van der Waals surface area contributed by atoms with Crippen molar-refractivity contribution in [1.82, 2.24) is 20.4 Å². The van der Waals surface area contributed by atoms with E-state index >= 15 is 0 Å². The zero-order valence-corrected chi connectivity index (χ0v) is 9.67. The highest BCUT2D eigenvalue weighted by Crippen LogP contribution is 2.21. The van der Waals surface area contributed by atoms with Gasteiger partial charge < -0.3 is 4.98 Å². The summed E-state index contributed by atoms with van der Waals surface area (Å²) in [6.45, 7) is 0. The van der Waals surface area contributed by atoms with E-state index in [1.54, 1.807) is 18.6 Å². The van der Waals surface area contributed by atoms with E-state index in [1.165, 1.54) is 0 Å². The van der Waals surface area contributed by atoms with Gasteiger partial charge in [0.15, 0.2) is 0 Å². The van der Waals surface area contributed by atoms with E-state index in [2.05, 4.69) is 26.4 Å². The minimum absolute atomic E-state index is 0.149. The van der Waals surface area contributed by atoms with Crippen molar-refractivity contribution < 1.29 is 0 Å². The summed E-state index contributed by atoms with van der Waals surface area (Å²) in [6, 6.07) is 9.85. The predicted molar refractivity (Wildman–Crippen MR) is 69.5 cm³/mol. The van der Waals surface area contributed by atoms with Crippen molar-refractivity contribution in [3.63, 3.8) is 0 Å². The second kappa shape index (κ2) is 4.56. The minimum Gasteiger partial charge on any atom is -0.347 e. The average molecular weight is 239 g/mol. The number of rotatable bonds is 3. The summed E-state index contributed by atoms with van der Waals surface area (Å²) in [5.74, 6) is 6.41. The fraction of sp³-hybridized carbons (Fsp3) is 0.0769. The van der Waals surface area contributed by atoms with Gasteiger partial charge in [0.05, 0.1) is 5.52 Å². The van der Waals surface area contributed by atoms with Crippen LogP contribution in [0.25, 0.3) is 10.9 Å². The summed E-state index contributed by atoms with van der Waals surface area (Å²) < 4.78 is 0. The van der Waals surface area contributed by atoms with Crippen LogP contribution < -0.4 is 11.3 Å². The topological polar surface area (TPSA) is 79.6 Å². The molecule has 0 saturated carbocycles. The zero-order valence-electron chi connectivity index (χ0n) is 9.67. The highest BCUT2D eigenvalue weighted by atomic mass is 15.2. The third kappa shape index (κ3) is 1.85. The number of hydrazine groups is 1. The molecule has 0 radical (unpaired) electrons. The number of aromatic nitrogens is 3. The monoisotopic (exact) mass is 239 g/mol. The molecule has 18 heavy (non-hydrogen) atoms. The lowest BCUT2D eigenvalue weighted by Crippen LogP contribution is -2.29. The molecule has 1 atom stereocenters. The highest BCUT2D eigenvalue weighted by molar-refractivity contribution is 5.79. The summed E-state index contributed by atoms with van der Waals surface area (Å²) in [5, 5.41) is 1.09. The molecule has 0 aliphatic heterocycles. The first-order valence-corrected chi connectivity index (χ1v) is 5.68. The highest BCUT2D eigenvalue weighted by Gasteiger charge is 2.14. The molecule has 1 aromatic carbocycles. The zero-order chi connectivity index (χ0) is 12.4. The number of nitrogens with zero attached hydrogens (tertiary/aromatic N) is 2. The molecule has 2 aromatic heterocycles. The van der Waals surface area contributed by atoms with Gasteiger partial charge in [0.25, 0.3) is 0 Å². The standard InChI is InChI=1S/C13H13N5/c14-18-12(13-16-6-7-17-13)10-3-4-11-9(8-10)2-1-5-15-11/h1-8,12,18H,14H2,(H,16,17). The number of nitrogens with two attached hydrogens (primary N) is 1. The van der Waals surface area contributed by atoms with Gasteiger partial charge in [-0.15, -0.1) is 0 Å². The van der Waals surface area contributed by atoms with Gasteiger partial charge in [-0.2, -0.15) is 0 Å². The molecule has 5 heteroatoms. The van der Waals surface area contributed by atoms with Crippen LogP contribution in [-0.4, -0.2) is 15.0 Å². The Morgan fingerprint density at radius 2 is 2.11 bits per heavy atom. The van der Waals surface area contributed by atoms with Crippen molar-refractivity contribution in [2.75, 3.05) is 0 Å². The second-order valence-electron chi connectivity index (χ2n) is 4.03. The van der Waals surface area contributed by atoms with E-state index in [-0.39, 0.29) is 6.04 Å². The van der Waals surface area contributed by atoms with Gasteiger partial charge in [-0.1, -0.05) is 12.1 Å². The summed E-state index contributed by atoms with van der Waals surface area (Å²) >= 11 is 0. The molecule has 3 aromatic rings. The van der Waals surface area contributed by atoms with Crippen LogP contribution in [-0.2, 0) is 0 Å².